The van der Waals surface area contributed by atoms with E-state index in [0.717, 1.165) is 28.0 Å². The standard InChI is InChI=1S/C26H22F2N2O4S/c1-2-32-23(31)13-19-9-10-35-26(19)34-25-22(28)14-21(27)24(30-25)33-20-8-4-7-18(12-20)17-6-3-5-16(11-17)15-29/h3-12,14H,2,13,15,29H2,1H3. The maximum atomic E-state index is 14.5. The number of pyridine rings is 1. The Balaban J connectivity index is 1.57. The third kappa shape index (κ3) is 6.00. The number of hydrogen-bond donors (Lipinski definition) is 1. The molecule has 180 valence electrons. The first kappa shape index (κ1) is 24.3. The Bertz CT molecular complexity index is 1340. The van der Waals surface area contributed by atoms with Gasteiger partial charge in [-0.15, -0.1) is 11.3 Å². The fourth-order valence-corrected chi connectivity index (χ4v) is 4.08. The zero-order chi connectivity index (χ0) is 24.8. The molecule has 0 bridgehead atoms. The molecule has 0 fully saturated rings. The highest BCUT2D eigenvalue weighted by atomic mass is 32.1. The molecule has 4 rings (SSSR count). The molecule has 0 spiro atoms. The average Bonchev–Trinajstić information content (AvgIpc) is 3.28. The van der Waals surface area contributed by atoms with Gasteiger partial charge in [0.25, 0.3) is 11.8 Å². The molecule has 2 aromatic carbocycles. The van der Waals surface area contributed by atoms with E-state index in [9.17, 15) is 13.6 Å². The zero-order valence-electron chi connectivity index (χ0n) is 18.8. The predicted octanol–water partition coefficient (Wildman–Crippen LogP) is 6.24. The van der Waals surface area contributed by atoms with Crippen LogP contribution in [-0.2, 0) is 22.5 Å². The second-order valence-electron chi connectivity index (χ2n) is 7.41. The van der Waals surface area contributed by atoms with Gasteiger partial charge in [0.2, 0.25) is 0 Å². The molecule has 0 saturated heterocycles. The molecule has 0 unspecified atom stereocenters. The van der Waals surface area contributed by atoms with E-state index in [-0.39, 0.29) is 18.1 Å². The zero-order valence-corrected chi connectivity index (χ0v) is 19.6. The van der Waals surface area contributed by atoms with Gasteiger partial charge in [-0.1, -0.05) is 30.3 Å². The van der Waals surface area contributed by atoms with Crippen molar-refractivity contribution in [3.05, 3.63) is 88.8 Å². The summed E-state index contributed by atoms with van der Waals surface area (Å²) in [7, 11) is 0. The molecule has 0 atom stereocenters. The van der Waals surface area contributed by atoms with Gasteiger partial charge in [-0.2, -0.15) is 4.98 Å². The number of carbonyl (C=O) groups is 1. The number of nitrogens with two attached hydrogens (primary N) is 1. The molecule has 35 heavy (non-hydrogen) atoms. The number of rotatable bonds is 9. The Morgan fingerprint density at radius 3 is 2.43 bits per heavy atom. The van der Waals surface area contributed by atoms with Gasteiger partial charge in [0.1, 0.15) is 5.75 Å². The first-order valence-electron chi connectivity index (χ1n) is 10.8. The van der Waals surface area contributed by atoms with Crippen LogP contribution in [0.5, 0.6) is 22.6 Å². The fourth-order valence-electron chi connectivity index (χ4n) is 3.30. The third-order valence-corrected chi connectivity index (χ3v) is 5.78. The summed E-state index contributed by atoms with van der Waals surface area (Å²) < 4.78 is 45.1. The van der Waals surface area contributed by atoms with Crippen molar-refractivity contribution in [1.82, 2.24) is 4.98 Å². The number of esters is 1. The van der Waals surface area contributed by atoms with E-state index in [4.69, 9.17) is 19.9 Å². The molecular formula is C26H22F2N2O4S. The van der Waals surface area contributed by atoms with Crippen molar-refractivity contribution in [2.24, 2.45) is 5.73 Å². The van der Waals surface area contributed by atoms with Crippen LogP contribution in [0.3, 0.4) is 0 Å². The summed E-state index contributed by atoms with van der Waals surface area (Å²) in [5.41, 5.74) is 8.96. The van der Waals surface area contributed by atoms with Crippen molar-refractivity contribution >= 4 is 17.3 Å². The van der Waals surface area contributed by atoms with E-state index >= 15 is 0 Å². The minimum atomic E-state index is -1.00. The van der Waals surface area contributed by atoms with Crippen molar-refractivity contribution in [1.29, 1.82) is 0 Å². The van der Waals surface area contributed by atoms with Gasteiger partial charge in [0.15, 0.2) is 16.7 Å². The highest BCUT2D eigenvalue weighted by Crippen LogP contribution is 2.35. The second kappa shape index (κ2) is 11.1. The average molecular weight is 497 g/mol. The number of ether oxygens (including phenoxy) is 3. The predicted molar refractivity (Wildman–Crippen MR) is 129 cm³/mol. The van der Waals surface area contributed by atoms with E-state index in [2.05, 4.69) is 4.98 Å². The number of hydrogen-bond acceptors (Lipinski definition) is 7. The van der Waals surface area contributed by atoms with Crippen LogP contribution in [0, 0.1) is 11.6 Å². The third-order valence-electron chi connectivity index (χ3n) is 4.95. The molecule has 0 aliphatic carbocycles. The summed E-state index contributed by atoms with van der Waals surface area (Å²) in [6, 6.07) is 17.0. The van der Waals surface area contributed by atoms with Gasteiger partial charge >= 0.3 is 5.97 Å². The first-order valence-corrected chi connectivity index (χ1v) is 11.7. The maximum absolute atomic E-state index is 14.5. The summed E-state index contributed by atoms with van der Waals surface area (Å²) in [5.74, 6) is -3.03. The van der Waals surface area contributed by atoms with Gasteiger partial charge in [-0.05, 0) is 53.3 Å². The lowest BCUT2D eigenvalue weighted by Gasteiger charge is -2.11. The Hall–Kier alpha value is -3.82. The molecule has 0 aliphatic rings. The number of carbonyl (C=O) groups excluding carboxylic acids is 1. The minimum Gasteiger partial charge on any atom is -0.466 e. The summed E-state index contributed by atoms with van der Waals surface area (Å²) in [6.45, 7) is 2.35. The molecule has 6 nitrogen and oxygen atoms in total. The Kier molecular flexibility index (Phi) is 7.69. The monoisotopic (exact) mass is 496 g/mol. The number of benzene rings is 2. The van der Waals surface area contributed by atoms with Crippen molar-refractivity contribution in [2.45, 2.75) is 19.9 Å². The highest BCUT2D eigenvalue weighted by molar-refractivity contribution is 7.12. The van der Waals surface area contributed by atoms with Gasteiger partial charge in [0, 0.05) is 18.2 Å². The Morgan fingerprint density at radius 1 is 0.971 bits per heavy atom. The topological polar surface area (TPSA) is 83.7 Å². The van der Waals surface area contributed by atoms with Crippen LogP contribution < -0.4 is 15.2 Å². The SMILES string of the molecule is CCOC(=O)Cc1ccsc1Oc1nc(Oc2cccc(-c3cccc(CN)c3)c2)c(F)cc1F. The van der Waals surface area contributed by atoms with Crippen molar-refractivity contribution in [3.8, 4) is 33.7 Å². The lowest BCUT2D eigenvalue weighted by Crippen LogP contribution is -2.07. The smallest absolute Gasteiger partial charge is 0.310 e. The summed E-state index contributed by atoms with van der Waals surface area (Å²) >= 11 is 1.15. The lowest BCUT2D eigenvalue weighted by atomic mass is 10.0. The van der Waals surface area contributed by atoms with Gasteiger partial charge in [-0.25, -0.2) is 8.78 Å². The maximum Gasteiger partial charge on any atom is 0.310 e. The second-order valence-corrected chi connectivity index (χ2v) is 8.29. The van der Waals surface area contributed by atoms with Crippen LogP contribution in [0.4, 0.5) is 8.78 Å². The fraction of sp³-hybridized carbons (Fsp3) is 0.154. The van der Waals surface area contributed by atoms with Crippen LogP contribution >= 0.6 is 11.3 Å². The van der Waals surface area contributed by atoms with Crippen LogP contribution in [0.25, 0.3) is 11.1 Å². The van der Waals surface area contributed by atoms with E-state index in [1.54, 1.807) is 36.6 Å². The lowest BCUT2D eigenvalue weighted by molar-refractivity contribution is -0.142. The van der Waals surface area contributed by atoms with Crippen LogP contribution in [-0.4, -0.2) is 17.6 Å². The Labute approximate surface area is 204 Å². The van der Waals surface area contributed by atoms with Crippen LogP contribution in [0.2, 0.25) is 0 Å². The molecule has 9 heteroatoms. The number of nitrogens with zero attached hydrogens (tertiary/aromatic N) is 1. The molecule has 0 aliphatic heterocycles. The largest absolute Gasteiger partial charge is 0.466 e. The van der Waals surface area contributed by atoms with Gasteiger partial charge < -0.3 is 19.9 Å². The molecular weight excluding hydrogens is 474 g/mol. The molecule has 0 saturated carbocycles. The molecule has 0 amide bonds. The molecule has 2 aromatic heterocycles. The molecule has 2 N–H and O–H groups in total. The molecule has 4 aromatic rings. The van der Waals surface area contributed by atoms with E-state index in [1.807, 2.05) is 30.3 Å². The highest BCUT2D eigenvalue weighted by Gasteiger charge is 2.19. The Morgan fingerprint density at radius 2 is 1.69 bits per heavy atom. The quantitative estimate of drug-likeness (QED) is 0.276. The molecule has 2 heterocycles. The number of thiophene rings is 1. The summed E-state index contributed by atoms with van der Waals surface area (Å²) in [6.07, 6.45) is -0.0446. The normalized spacial score (nSPS) is 10.7. The number of aromatic nitrogens is 1. The van der Waals surface area contributed by atoms with Crippen LogP contribution in [0.1, 0.15) is 18.1 Å². The van der Waals surface area contributed by atoms with E-state index in [1.165, 1.54) is 0 Å². The van der Waals surface area contributed by atoms with Crippen molar-refractivity contribution < 1.29 is 27.8 Å². The minimum absolute atomic E-state index is 0.0446. The molecule has 0 radical (unpaired) electrons. The van der Waals surface area contributed by atoms with Crippen molar-refractivity contribution in [3.63, 3.8) is 0 Å². The van der Waals surface area contributed by atoms with Gasteiger partial charge in [0.05, 0.1) is 13.0 Å². The van der Waals surface area contributed by atoms with E-state index in [0.29, 0.717) is 23.9 Å². The summed E-state index contributed by atoms with van der Waals surface area (Å²) in [5, 5.41) is 1.94. The van der Waals surface area contributed by atoms with Crippen LogP contribution in [0.15, 0.2) is 66.0 Å². The van der Waals surface area contributed by atoms with Crippen molar-refractivity contribution in [2.75, 3.05) is 6.61 Å². The number of halogens is 2. The summed E-state index contributed by atoms with van der Waals surface area (Å²) in [4.78, 5) is 15.7. The van der Waals surface area contributed by atoms with E-state index < -0.39 is 29.4 Å². The first-order chi connectivity index (χ1) is 17.0. The van der Waals surface area contributed by atoms with Gasteiger partial charge in [-0.3, -0.25) is 4.79 Å².